The lowest BCUT2D eigenvalue weighted by Crippen LogP contribution is -2.31. The SMILES string of the molecule is COc1ccccc1CCCNC(=O)[C@H](C)Sc1ccc(C)cc1. The Morgan fingerprint density at radius 1 is 1.17 bits per heavy atom. The van der Waals surface area contributed by atoms with Crippen LogP contribution in [0.3, 0.4) is 0 Å². The molecule has 0 fully saturated rings. The molecule has 0 aliphatic rings. The van der Waals surface area contributed by atoms with Gasteiger partial charge in [0.1, 0.15) is 5.75 Å². The largest absolute Gasteiger partial charge is 0.496 e. The predicted molar refractivity (Wildman–Crippen MR) is 101 cm³/mol. The van der Waals surface area contributed by atoms with Crippen molar-refractivity contribution < 1.29 is 9.53 Å². The Morgan fingerprint density at radius 3 is 2.58 bits per heavy atom. The third-order valence-corrected chi connectivity index (χ3v) is 4.93. The first-order valence-electron chi connectivity index (χ1n) is 8.23. The maximum Gasteiger partial charge on any atom is 0.233 e. The van der Waals surface area contributed by atoms with Crippen molar-refractivity contribution in [2.45, 2.75) is 36.8 Å². The first kappa shape index (κ1) is 18.4. The van der Waals surface area contributed by atoms with Gasteiger partial charge in [0.25, 0.3) is 0 Å². The summed E-state index contributed by atoms with van der Waals surface area (Å²) in [6.45, 7) is 4.68. The molecule has 0 aliphatic heterocycles. The van der Waals surface area contributed by atoms with Crippen molar-refractivity contribution in [2.75, 3.05) is 13.7 Å². The molecule has 2 aromatic carbocycles. The van der Waals surface area contributed by atoms with Crippen LogP contribution in [0.15, 0.2) is 53.4 Å². The Morgan fingerprint density at radius 2 is 1.88 bits per heavy atom. The zero-order valence-corrected chi connectivity index (χ0v) is 15.4. The Labute approximate surface area is 148 Å². The van der Waals surface area contributed by atoms with Crippen molar-refractivity contribution in [3.63, 3.8) is 0 Å². The lowest BCUT2D eigenvalue weighted by atomic mass is 10.1. The predicted octanol–water partition coefficient (Wildman–Crippen LogP) is 4.23. The minimum Gasteiger partial charge on any atom is -0.496 e. The number of hydrogen-bond donors (Lipinski definition) is 1. The maximum atomic E-state index is 12.2. The van der Waals surface area contributed by atoms with Crippen molar-refractivity contribution in [1.82, 2.24) is 5.32 Å². The fourth-order valence-electron chi connectivity index (χ4n) is 2.42. The van der Waals surface area contributed by atoms with Crippen LogP contribution in [0.1, 0.15) is 24.5 Å². The first-order valence-corrected chi connectivity index (χ1v) is 9.11. The molecule has 1 amide bonds. The van der Waals surface area contributed by atoms with E-state index in [0.717, 1.165) is 23.5 Å². The number of ether oxygens (including phenoxy) is 1. The summed E-state index contributed by atoms with van der Waals surface area (Å²) in [4.78, 5) is 13.3. The maximum absolute atomic E-state index is 12.2. The van der Waals surface area contributed by atoms with Crippen LogP contribution < -0.4 is 10.1 Å². The number of thioether (sulfide) groups is 1. The summed E-state index contributed by atoms with van der Waals surface area (Å²) < 4.78 is 5.35. The molecular weight excluding hydrogens is 318 g/mol. The van der Waals surface area contributed by atoms with Crippen molar-refractivity contribution >= 4 is 17.7 Å². The number of nitrogens with one attached hydrogen (secondary N) is 1. The van der Waals surface area contributed by atoms with Gasteiger partial charge < -0.3 is 10.1 Å². The fraction of sp³-hybridized carbons (Fsp3) is 0.350. The molecule has 0 aliphatic carbocycles. The van der Waals surface area contributed by atoms with E-state index in [9.17, 15) is 4.79 Å². The van der Waals surface area contributed by atoms with Crippen LogP contribution in [0.4, 0.5) is 0 Å². The fourth-order valence-corrected chi connectivity index (χ4v) is 3.31. The molecule has 2 aromatic rings. The molecule has 0 bridgehead atoms. The zero-order valence-electron chi connectivity index (χ0n) is 14.5. The summed E-state index contributed by atoms with van der Waals surface area (Å²) >= 11 is 1.59. The number of aryl methyl sites for hydroxylation is 2. The van der Waals surface area contributed by atoms with E-state index < -0.39 is 0 Å². The minimum atomic E-state index is -0.0982. The Bertz CT molecular complexity index is 655. The lowest BCUT2D eigenvalue weighted by molar-refractivity contribution is -0.120. The van der Waals surface area contributed by atoms with Gasteiger partial charge in [-0.3, -0.25) is 4.79 Å². The van der Waals surface area contributed by atoms with Crippen LogP contribution in [-0.4, -0.2) is 24.8 Å². The smallest absolute Gasteiger partial charge is 0.233 e. The van der Waals surface area contributed by atoms with Crippen molar-refractivity contribution in [3.05, 3.63) is 59.7 Å². The third kappa shape index (κ3) is 5.60. The van der Waals surface area contributed by atoms with Crippen LogP contribution in [-0.2, 0) is 11.2 Å². The molecule has 1 atom stereocenters. The third-order valence-electron chi connectivity index (χ3n) is 3.82. The standard InChI is InChI=1S/C20H25NO2S/c1-15-10-12-18(13-11-15)24-16(2)20(22)21-14-6-8-17-7-4-5-9-19(17)23-3/h4-5,7,9-13,16H,6,8,14H2,1-3H3,(H,21,22)/t16-/m0/s1. The number of para-hydroxylation sites is 1. The van der Waals surface area contributed by atoms with E-state index in [1.54, 1.807) is 18.9 Å². The number of carbonyl (C=O) groups excluding carboxylic acids is 1. The van der Waals surface area contributed by atoms with Crippen LogP contribution in [0.25, 0.3) is 0 Å². The monoisotopic (exact) mass is 343 g/mol. The van der Waals surface area contributed by atoms with Gasteiger partial charge in [0.05, 0.1) is 12.4 Å². The van der Waals surface area contributed by atoms with Gasteiger partial charge in [-0.2, -0.15) is 0 Å². The topological polar surface area (TPSA) is 38.3 Å². The summed E-state index contributed by atoms with van der Waals surface area (Å²) in [7, 11) is 1.69. The van der Waals surface area contributed by atoms with E-state index in [1.165, 1.54) is 11.1 Å². The summed E-state index contributed by atoms with van der Waals surface area (Å²) in [5, 5.41) is 2.92. The molecule has 0 radical (unpaired) electrons. The van der Waals surface area contributed by atoms with Gasteiger partial charge >= 0.3 is 0 Å². The average Bonchev–Trinajstić information content (AvgIpc) is 2.60. The van der Waals surface area contributed by atoms with Gasteiger partial charge in [-0.05, 0) is 50.5 Å². The second-order valence-electron chi connectivity index (χ2n) is 5.78. The number of carbonyl (C=O) groups is 1. The molecule has 128 valence electrons. The molecule has 24 heavy (non-hydrogen) atoms. The van der Waals surface area contributed by atoms with E-state index in [-0.39, 0.29) is 11.2 Å². The molecule has 0 saturated heterocycles. The van der Waals surface area contributed by atoms with Crippen molar-refractivity contribution in [1.29, 1.82) is 0 Å². The zero-order chi connectivity index (χ0) is 17.4. The Hall–Kier alpha value is -1.94. The van der Waals surface area contributed by atoms with E-state index >= 15 is 0 Å². The van der Waals surface area contributed by atoms with E-state index in [4.69, 9.17) is 4.74 Å². The number of rotatable bonds is 8. The molecule has 3 nitrogen and oxygen atoms in total. The minimum absolute atomic E-state index is 0.0839. The molecule has 0 aromatic heterocycles. The molecule has 0 spiro atoms. The van der Waals surface area contributed by atoms with E-state index in [1.807, 2.05) is 25.1 Å². The highest BCUT2D eigenvalue weighted by Crippen LogP contribution is 2.23. The van der Waals surface area contributed by atoms with Crippen LogP contribution >= 0.6 is 11.8 Å². The molecule has 0 saturated carbocycles. The highest BCUT2D eigenvalue weighted by Gasteiger charge is 2.13. The van der Waals surface area contributed by atoms with Gasteiger partial charge in [0, 0.05) is 11.4 Å². The molecule has 4 heteroatoms. The highest BCUT2D eigenvalue weighted by atomic mass is 32.2. The van der Waals surface area contributed by atoms with Gasteiger partial charge in [-0.1, -0.05) is 35.9 Å². The summed E-state index contributed by atoms with van der Waals surface area (Å²) in [5.41, 5.74) is 2.41. The summed E-state index contributed by atoms with van der Waals surface area (Å²) in [5.74, 6) is 0.993. The Kier molecular flexibility index (Phi) is 7.19. The van der Waals surface area contributed by atoms with E-state index in [2.05, 4.69) is 42.6 Å². The van der Waals surface area contributed by atoms with Gasteiger partial charge in [0.2, 0.25) is 5.91 Å². The first-order chi connectivity index (χ1) is 11.6. The molecule has 0 unspecified atom stereocenters. The molecular formula is C20H25NO2S. The van der Waals surface area contributed by atoms with Crippen molar-refractivity contribution in [3.8, 4) is 5.75 Å². The van der Waals surface area contributed by atoms with Crippen molar-refractivity contribution in [2.24, 2.45) is 0 Å². The molecule has 1 N–H and O–H groups in total. The lowest BCUT2D eigenvalue weighted by Gasteiger charge is -2.13. The van der Waals surface area contributed by atoms with Gasteiger partial charge in [-0.15, -0.1) is 11.8 Å². The van der Waals surface area contributed by atoms with E-state index in [0.29, 0.717) is 6.54 Å². The Balaban J connectivity index is 1.73. The summed E-state index contributed by atoms with van der Waals surface area (Å²) in [6, 6.07) is 16.3. The quantitative estimate of drug-likeness (QED) is 0.576. The van der Waals surface area contributed by atoms with Gasteiger partial charge in [0.15, 0.2) is 0 Å². The molecule has 2 rings (SSSR count). The number of benzene rings is 2. The number of methoxy groups -OCH3 is 1. The van der Waals surface area contributed by atoms with Crippen LogP contribution in [0.2, 0.25) is 0 Å². The average molecular weight is 343 g/mol. The highest BCUT2D eigenvalue weighted by molar-refractivity contribution is 8.00. The van der Waals surface area contributed by atoms with Crippen LogP contribution in [0, 0.1) is 6.92 Å². The number of amides is 1. The molecule has 0 heterocycles. The van der Waals surface area contributed by atoms with Crippen LogP contribution in [0.5, 0.6) is 5.75 Å². The summed E-state index contributed by atoms with van der Waals surface area (Å²) in [6.07, 6.45) is 1.79. The normalized spacial score (nSPS) is 11.8. The second-order valence-corrected chi connectivity index (χ2v) is 7.19. The number of hydrogen-bond acceptors (Lipinski definition) is 3. The van der Waals surface area contributed by atoms with Gasteiger partial charge in [-0.25, -0.2) is 0 Å². The second kappa shape index (κ2) is 9.38.